The first-order valence-electron chi connectivity index (χ1n) is 12.2. The summed E-state index contributed by atoms with van der Waals surface area (Å²) >= 11 is 0. The lowest BCUT2D eigenvalue weighted by molar-refractivity contribution is 0.0342. The molecule has 1 saturated heterocycles. The van der Waals surface area contributed by atoms with Gasteiger partial charge in [0.05, 0.1) is 13.2 Å². The van der Waals surface area contributed by atoms with E-state index in [9.17, 15) is 0 Å². The van der Waals surface area contributed by atoms with Gasteiger partial charge in [-0.25, -0.2) is 0 Å². The summed E-state index contributed by atoms with van der Waals surface area (Å²) in [6.07, 6.45) is 10.5. The van der Waals surface area contributed by atoms with Crippen LogP contribution in [-0.4, -0.2) is 31.2 Å². The largest absolute Gasteiger partial charge is 0.379 e. The van der Waals surface area contributed by atoms with Crippen LogP contribution in [0.2, 0.25) is 0 Å². The van der Waals surface area contributed by atoms with Gasteiger partial charge in [-0.2, -0.15) is 0 Å². The fraction of sp³-hybridized carbons (Fsp3) is 0.333. The van der Waals surface area contributed by atoms with Crippen LogP contribution in [0, 0.1) is 0 Å². The fourth-order valence-corrected chi connectivity index (χ4v) is 5.80. The monoisotopic (exact) mass is 421 g/mol. The maximum atomic E-state index is 5.51. The second-order valence-electron chi connectivity index (χ2n) is 9.45. The van der Waals surface area contributed by atoms with Gasteiger partial charge in [0.1, 0.15) is 0 Å². The minimum Gasteiger partial charge on any atom is -0.379 e. The molecule has 1 fully saturated rings. The Kier molecular flexibility index (Phi) is 5.42. The standard InChI is InChI=1S/C30H31NO/c1-2-10-27-24(7-1)11-14-29-28(27)13-12-25-8-4-9-26(30(25)29)20-22-5-3-6-23(19-22)21-31-15-17-32-18-16-31/h2-6,8-10,12-13,19H,1,7,11,14-18,20-21H2. The predicted molar refractivity (Wildman–Crippen MR) is 133 cm³/mol. The lowest BCUT2D eigenvalue weighted by atomic mass is 9.78. The zero-order valence-electron chi connectivity index (χ0n) is 18.8. The SMILES string of the molecule is C1=CC2=C(CC1)CCc1c2ccc2cccc(Cc3cccc(CN4CCOCC4)c3)c12. The number of ether oxygens (including phenoxy) is 1. The maximum Gasteiger partial charge on any atom is 0.0594 e. The van der Waals surface area contributed by atoms with Crippen molar-refractivity contribution >= 4 is 16.3 Å². The van der Waals surface area contributed by atoms with Gasteiger partial charge in [-0.1, -0.05) is 72.3 Å². The van der Waals surface area contributed by atoms with Crippen molar-refractivity contribution < 1.29 is 4.74 Å². The molecule has 0 amide bonds. The second kappa shape index (κ2) is 8.69. The Labute approximate surface area is 191 Å². The molecule has 1 aliphatic heterocycles. The average Bonchev–Trinajstić information content (AvgIpc) is 2.84. The number of hydrogen-bond acceptors (Lipinski definition) is 2. The van der Waals surface area contributed by atoms with Gasteiger partial charge in [-0.05, 0) is 76.3 Å². The molecule has 3 aromatic rings. The molecule has 0 bridgehead atoms. The highest BCUT2D eigenvalue weighted by atomic mass is 16.5. The minimum absolute atomic E-state index is 0.855. The van der Waals surface area contributed by atoms with Crippen molar-refractivity contribution in [3.05, 3.63) is 100 Å². The number of rotatable bonds is 4. The van der Waals surface area contributed by atoms with Crippen LogP contribution in [-0.2, 0) is 24.1 Å². The molecule has 0 saturated carbocycles. The van der Waals surface area contributed by atoms with Crippen molar-refractivity contribution in [2.24, 2.45) is 0 Å². The van der Waals surface area contributed by atoms with Crippen LogP contribution in [0.15, 0.2) is 72.3 Å². The summed E-state index contributed by atoms with van der Waals surface area (Å²) in [6, 6.07) is 20.8. The van der Waals surface area contributed by atoms with Crippen LogP contribution >= 0.6 is 0 Å². The molecule has 0 N–H and O–H groups in total. The normalized spacial score (nSPS) is 18.6. The van der Waals surface area contributed by atoms with E-state index in [0.717, 1.165) is 39.3 Å². The molecule has 0 aromatic heterocycles. The molecule has 1 heterocycles. The molecule has 6 rings (SSSR count). The molecule has 3 aliphatic rings. The Hall–Kier alpha value is -2.68. The topological polar surface area (TPSA) is 12.5 Å². The first-order valence-corrected chi connectivity index (χ1v) is 12.2. The molecular weight excluding hydrogens is 390 g/mol. The van der Waals surface area contributed by atoms with Crippen LogP contribution in [0.25, 0.3) is 16.3 Å². The van der Waals surface area contributed by atoms with Crippen molar-refractivity contribution in [2.75, 3.05) is 26.3 Å². The highest BCUT2D eigenvalue weighted by molar-refractivity contribution is 5.96. The summed E-state index contributed by atoms with van der Waals surface area (Å²) in [7, 11) is 0. The fourth-order valence-electron chi connectivity index (χ4n) is 5.80. The number of nitrogens with zero attached hydrogens (tertiary/aromatic N) is 1. The van der Waals surface area contributed by atoms with Crippen LogP contribution < -0.4 is 0 Å². The lowest BCUT2D eigenvalue weighted by Crippen LogP contribution is -2.35. The number of hydrogen-bond donors (Lipinski definition) is 0. The van der Waals surface area contributed by atoms with Crippen LogP contribution in [0.5, 0.6) is 0 Å². The van der Waals surface area contributed by atoms with E-state index in [0.29, 0.717) is 0 Å². The first-order chi connectivity index (χ1) is 15.8. The average molecular weight is 422 g/mol. The quantitative estimate of drug-likeness (QED) is 0.489. The third-order valence-corrected chi connectivity index (χ3v) is 7.38. The van der Waals surface area contributed by atoms with E-state index in [1.54, 1.807) is 11.1 Å². The van der Waals surface area contributed by atoms with Crippen LogP contribution in [0.1, 0.15) is 47.1 Å². The Morgan fingerprint density at radius 1 is 0.844 bits per heavy atom. The number of benzene rings is 3. The molecule has 2 heteroatoms. The number of aryl methyl sites for hydroxylation is 1. The molecular formula is C30H31NO. The summed E-state index contributed by atoms with van der Waals surface area (Å²) in [4.78, 5) is 2.50. The zero-order valence-corrected chi connectivity index (χ0v) is 18.8. The van der Waals surface area contributed by atoms with E-state index < -0.39 is 0 Å². The first kappa shape index (κ1) is 20.0. The summed E-state index contributed by atoms with van der Waals surface area (Å²) in [5.74, 6) is 0. The van der Waals surface area contributed by atoms with E-state index in [1.807, 2.05) is 0 Å². The molecule has 3 aromatic carbocycles. The molecule has 2 aliphatic carbocycles. The van der Waals surface area contributed by atoms with E-state index in [-0.39, 0.29) is 0 Å². The summed E-state index contributed by atoms with van der Waals surface area (Å²) in [6.45, 7) is 4.80. The lowest BCUT2D eigenvalue weighted by Gasteiger charge is -2.27. The number of fused-ring (bicyclic) bond motifs is 4. The maximum absolute atomic E-state index is 5.51. The molecule has 0 unspecified atom stereocenters. The van der Waals surface area contributed by atoms with Gasteiger partial charge in [0.2, 0.25) is 0 Å². The summed E-state index contributed by atoms with van der Waals surface area (Å²) in [5.41, 5.74) is 10.5. The van der Waals surface area contributed by atoms with Gasteiger partial charge in [0.25, 0.3) is 0 Å². The molecule has 2 nitrogen and oxygen atoms in total. The third kappa shape index (κ3) is 3.83. The van der Waals surface area contributed by atoms with Gasteiger partial charge >= 0.3 is 0 Å². The van der Waals surface area contributed by atoms with Gasteiger partial charge in [-0.3, -0.25) is 4.90 Å². The molecule has 0 atom stereocenters. The third-order valence-electron chi connectivity index (χ3n) is 7.38. The van der Waals surface area contributed by atoms with Crippen molar-refractivity contribution in [2.45, 2.75) is 38.6 Å². The van der Waals surface area contributed by atoms with Gasteiger partial charge in [0, 0.05) is 19.6 Å². The van der Waals surface area contributed by atoms with Crippen molar-refractivity contribution in [1.82, 2.24) is 4.90 Å². The number of morpholine rings is 1. The van der Waals surface area contributed by atoms with Crippen molar-refractivity contribution in [3.8, 4) is 0 Å². The zero-order chi connectivity index (χ0) is 21.3. The van der Waals surface area contributed by atoms with Crippen LogP contribution in [0.3, 0.4) is 0 Å². The number of allylic oxidation sites excluding steroid dienone is 4. The van der Waals surface area contributed by atoms with E-state index in [1.165, 1.54) is 64.3 Å². The van der Waals surface area contributed by atoms with Crippen molar-refractivity contribution in [3.63, 3.8) is 0 Å². The molecule has 162 valence electrons. The van der Waals surface area contributed by atoms with Crippen molar-refractivity contribution in [1.29, 1.82) is 0 Å². The smallest absolute Gasteiger partial charge is 0.0594 e. The molecule has 32 heavy (non-hydrogen) atoms. The van der Waals surface area contributed by atoms with Gasteiger partial charge in [0.15, 0.2) is 0 Å². The van der Waals surface area contributed by atoms with E-state index in [2.05, 4.69) is 71.6 Å². The molecule has 0 spiro atoms. The van der Waals surface area contributed by atoms with E-state index >= 15 is 0 Å². The minimum atomic E-state index is 0.855. The van der Waals surface area contributed by atoms with Crippen LogP contribution in [0.4, 0.5) is 0 Å². The Bertz CT molecular complexity index is 1210. The second-order valence-corrected chi connectivity index (χ2v) is 9.45. The van der Waals surface area contributed by atoms with Gasteiger partial charge < -0.3 is 4.74 Å². The van der Waals surface area contributed by atoms with Gasteiger partial charge in [-0.15, -0.1) is 0 Å². The Morgan fingerprint density at radius 3 is 2.66 bits per heavy atom. The predicted octanol–water partition coefficient (Wildman–Crippen LogP) is 6.31. The Balaban J connectivity index is 1.35. The van der Waals surface area contributed by atoms with E-state index in [4.69, 9.17) is 4.74 Å². The summed E-state index contributed by atoms with van der Waals surface area (Å²) < 4.78 is 5.51. The summed E-state index contributed by atoms with van der Waals surface area (Å²) in [5, 5.41) is 2.88. The highest BCUT2D eigenvalue weighted by Gasteiger charge is 2.21. The molecule has 0 radical (unpaired) electrons. The highest BCUT2D eigenvalue weighted by Crippen LogP contribution is 2.41. The Morgan fingerprint density at radius 2 is 1.72 bits per heavy atom.